The molecule has 628 valence electrons. The van der Waals surface area contributed by atoms with Gasteiger partial charge in [0.25, 0.3) is 0 Å². The molecular formula is C124H75N3O2S5. The molecule has 0 fully saturated rings. The highest BCUT2D eigenvalue weighted by Crippen LogP contribution is 2.52. The number of rotatable bonds is 9. The lowest BCUT2D eigenvalue weighted by Crippen LogP contribution is -1.97. The van der Waals surface area contributed by atoms with E-state index in [9.17, 15) is 0 Å². The van der Waals surface area contributed by atoms with Crippen LogP contribution in [0.3, 0.4) is 0 Å². The topological polar surface area (TPSA) is 57.0 Å². The normalized spacial score (nSPS) is 11.7. The van der Waals surface area contributed by atoms with E-state index in [4.69, 9.17) is 18.8 Å². The Morgan fingerprint density at radius 2 is 0.425 bits per heavy atom. The number of hydrogen-bond acceptors (Lipinski definition) is 9. The Balaban J connectivity index is 0.0000000934. The molecule has 0 unspecified atom stereocenters. The third kappa shape index (κ3) is 13.4. The maximum atomic E-state index is 6.24. The first-order valence-corrected chi connectivity index (χ1v) is 49.1. The van der Waals surface area contributed by atoms with Crippen LogP contribution in [-0.4, -0.2) is 14.5 Å². The van der Waals surface area contributed by atoms with Crippen molar-refractivity contribution in [3.63, 3.8) is 0 Å². The predicted octanol–water partition coefficient (Wildman–Crippen LogP) is 37.6. The van der Waals surface area contributed by atoms with Crippen molar-refractivity contribution < 1.29 is 8.83 Å². The number of nitrogens with zero attached hydrogens (tertiary/aromatic N) is 3. The Labute approximate surface area is 790 Å². The van der Waals surface area contributed by atoms with Crippen LogP contribution >= 0.6 is 56.7 Å². The monoisotopic (exact) mass is 1800 g/mol. The fourth-order valence-corrected chi connectivity index (χ4v) is 26.3. The van der Waals surface area contributed by atoms with Gasteiger partial charge in [0.05, 0.1) is 39.5 Å². The highest BCUT2D eigenvalue weighted by molar-refractivity contribution is 7.28. The number of fused-ring (bicyclic) bond motifs is 24. The summed E-state index contributed by atoms with van der Waals surface area (Å²) in [6.07, 6.45) is 0. The summed E-state index contributed by atoms with van der Waals surface area (Å²) >= 11 is 9.38. The van der Waals surface area contributed by atoms with Gasteiger partial charge in [-0.15, -0.1) is 56.7 Å². The zero-order chi connectivity index (χ0) is 88.3. The van der Waals surface area contributed by atoms with E-state index in [0.717, 1.165) is 77.8 Å². The van der Waals surface area contributed by atoms with Crippen molar-refractivity contribution >= 4 is 223 Å². The molecule has 0 amide bonds. The molecule has 0 spiro atoms. The van der Waals surface area contributed by atoms with Gasteiger partial charge in [-0.3, -0.25) is 0 Å². The molecule has 0 saturated heterocycles. The third-order valence-electron chi connectivity index (χ3n) is 26.2. The lowest BCUT2D eigenvalue weighted by Gasteiger charge is -2.17. The van der Waals surface area contributed by atoms with Gasteiger partial charge in [-0.05, 0) is 119 Å². The van der Waals surface area contributed by atoms with Crippen LogP contribution in [0.2, 0.25) is 0 Å². The van der Waals surface area contributed by atoms with Gasteiger partial charge in [0.2, 0.25) is 0 Å². The Morgan fingerprint density at radius 3 is 0.821 bits per heavy atom. The molecule has 19 aromatic carbocycles. The van der Waals surface area contributed by atoms with Crippen LogP contribution in [0.25, 0.3) is 262 Å². The first-order chi connectivity index (χ1) is 66.5. The van der Waals surface area contributed by atoms with Crippen molar-refractivity contribution in [2.75, 3.05) is 0 Å². The Hall–Kier alpha value is -16.0. The van der Waals surface area contributed by atoms with E-state index in [1.165, 1.54) is 184 Å². The summed E-state index contributed by atoms with van der Waals surface area (Å²) in [7, 11) is 0. The molecule has 5 nitrogen and oxygen atoms in total. The second-order valence-electron chi connectivity index (χ2n) is 33.8. The summed E-state index contributed by atoms with van der Waals surface area (Å²) in [5.74, 6) is 0. The SMILES string of the molecule is c1cc(-c2cccc3c2oc2ccccc23)nc(-c2cccc3c2oc2ccccc23)c1.c1cc(-c2cccc3c2sc2ccccc23)nc(-c2cccc3c2sc2ccccc23)c1.c1ccc(-c2c(-c3cccc4c3sc3ccccc34)cccc2-c2cccc3c2sc2ccccc23)cc1.c1ccc(-n2c3ccccc3c3ccccc32)c(-c2cccc3c2sc2ccccc23)c1. The minimum Gasteiger partial charge on any atom is -0.455 e. The van der Waals surface area contributed by atoms with Gasteiger partial charge >= 0.3 is 0 Å². The quantitative estimate of drug-likeness (QED) is 0.145. The standard InChI is InChI=1S/C36H22S2.C30H19NS.C29H17NO2.C29H17NS2/c1-2-11-23(12-3-1)34-26(30-19-9-17-28-24-13-4-6-21-32(24)37-35(28)30)15-8-16-27(34)31-20-10-18-29-25-14-5-7-22-33(25)38-36(29)31;1-5-16-26-20(10-1)21-11-2-6-17-27(21)31(26)28-18-7-3-12-22(28)24-14-9-15-25-23-13-4-8-19-29(23)32-30(24)25;2*1-3-16-26-18(8-1)20-10-5-12-22(28(20)31-26)24-14-7-15-25(30-24)23-13-6-11-21-19-9-2-4-17-27(19)32-29(21)23/h1-22H;1-19H;2*1-17H. The summed E-state index contributed by atoms with van der Waals surface area (Å²) in [5.41, 5.74) is 25.6. The molecule has 0 atom stereocenters. The lowest BCUT2D eigenvalue weighted by molar-refractivity contribution is 0.670. The number of hydrogen-bond donors (Lipinski definition) is 0. The molecule has 0 N–H and O–H groups in total. The molecule has 10 heteroatoms. The van der Waals surface area contributed by atoms with Crippen molar-refractivity contribution in [1.82, 2.24) is 14.5 Å². The van der Waals surface area contributed by atoms with E-state index in [-0.39, 0.29) is 0 Å². The number of thiophene rings is 5. The first kappa shape index (κ1) is 79.0. The molecule has 0 saturated carbocycles. The molecule has 0 radical (unpaired) electrons. The molecule has 10 heterocycles. The minimum atomic E-state index is 0.861. The average molecular weight is 1800 g/mol. The van der Waals surface area contributed by atoms with E-state index < -0.39 is 0 Å². The number of benzene rings is 19. The van der Waals surface area contributed by atoms with Crippen molar-refractivity contribution in [2.24, 2.45) is 0 Å². The second kappa shape index (κ2) is 33.1. The third-order valence-corrected chi connectivity index (χ3v) is 32.3. The van der Waals surface area contributed by atoms with Crippen molar-refractivity contribution in [3.8, 4) is 95.2 Å². The van der Waals surface area contributed by atoms with Crippen molar-refractivity contribution in [3.05, 3.63) is 455 Å². The van der Waals surface area contributed by atoms with Gasteiger partial charge in [-0.1, -0.05) is 358 Å². The Morgan fingerprint density at radius 1 is 0.172 bits per heavy atom. The molecular weight excluding hydrogens is 1720 g/mol. The molecule has 10 aromatic heterocycles. The van der Waals surface area contributed by atoms with Crippen molar-refractivity contribution in [2.45, 2.75) is 0 Å². The smallest absolute Gasteiger partial charge is 0.144 e. The number of para-hydroxylation sites is 7. The number of furan rings is 2. The summed E-state index contributed by atoms with van der Waals surface area (Å²) in [6.45, 7) is 0. The first-order valence-electron chi connectivity index (χ1n) is 45.0. The van der Waals surface area contributed by atoms with Crippen LogP contribution in [0.15, 0.2) is 464 Å². The van der Waals surface area contributed by atoms with Gasteiger partial charge in [-0.25, -0.2) is 9.97 Å². The maximum Gasteiger partial charge on any atom is 0.144 e. The predicted molar refractivity (Wildman–Crippen MR) is 578 cm³/mol. The van der Waals surface area contributed by atoms with E-state index in [1.807, 2.05) is 111 Å². The Kier molecular flexibility index (Phi) is 19.5. The van der Waals surface area contributed by atoms with Gasteiger partial charge in [-0.2, -0.15) is 0 Å². The molecule has 0 aliphatic heterocycles. The second-order valence-corrected chi connectivity index (χ2v) is 39.0. The van der Waals surface area contributed by atoms with Crippen LogP contribution < -0.4 is 0 Å². The summed E-state index contributed by atoms with van der Waals surface area (Å²) in [6, 6.07) is 162. The van der Waals surface area contributed by atoms with E-state index in [2.05, 4.69) is 405 Å². The summed E-state index contributed by atoms with van der Waals surface area (Å²) < 4.78 is 28.2. The van der Waals surface area contributed by atoms with Crippen LogP contribution in [0.4, 0.5) is 0 Å². The van der Waals surface area contributed by atoms with E-state index in [0.29, 0.717) is 0 Å². The average Bonchev–Trinajstić information content (AvgIpc) is 1.52. The number of aromatic nitrogens is 3. The van der Waals surface area contributed by atoms with Gasteiger partial charge in [0.1, 0.15) is 22.3 Å². The fraction of sp³-hybridized carbons (Fsp3) is 0. The summed E-state index contributed by atoms with van der Waals surface area (Å²) in [4.78, 5) is 10.2. The van der Waals surface area contributed by atoms with Gasteiger partial charge in [0.15, 0.2) is 0 Å². The highest BCUT2D eigenvalue weighted by atomic mass is 32.1. The molecule has 134 heavy (non-hydrogen) atoms. The molecule has 0 aliphatic rings. The molecule has 29 rings (SSSR count). The zero-order valence-corrected chi connectivity index (χ0v) is 76.1. The number of pyridine rings is 2. The lowest BCUT2D eigenvalue weighted by atomic mass is 9.87. The molecule has 0 bridgehead atoms. The van der Waals surface area contributed by atoms with Crippen LogP contribution in [0.5, 0.6) is 0 Å². The van der Waals surface area contributed by atoms with E-state index >= 15 is 0 Å². The fourth-order valence-electron chi connectivity index (χ4n) is 20.1. The highest BCUT2D eigenvalue weighted by Gasteiger charge is 2.25. The maximum absolute atomic E-state index is 6.24. The molecule has 29 aromatic rings. The zero-order valence-electron chi connectivity index (χ0n) is 72.0. The van der Waals surface area contributed by atoms with Gasteiger partial charge < -0.3 is 13.4 Å². The largest absolute Gasteiger partial charge is 0.455 e. The molecule has 0 aliphatic carbocycles. The van der Waals surface area contributed by atoms with Crippen molar-refractivity contribution in [1.29, 1.82) is 0 Å². The van der Waals surface area contributed by atoms with Crippen LogP contribution in [0.1, 0.15) is 0 Å². The minimum absolute atomic E-state index is 0.861. The van der Waals surface area contributed by atoms with E-state index in [1.54, 1.807) is 0 Å². The van der Waals surface area contributed by atoms with Gasteiger partial charge in [0, 0.05) is 178 Å². The Bertz CT molecular complexity index is 9000. The summed E-state index contributed by atoms with van der Waals surface area (Å²) in [5, 5.41) is 20.3. The van der Waals surface area contributed by atoms with Crippen LogP contribution in [0, 0.1) is 0 Å². The van der Waals surface area contributed by atoms with Crippen LogP contribution in [-0.2, 0) is 0 Å².